The number of rotatable bonds is 6. The minimum atomic E-state index is -0.685. The van der Waals surface area contributed by atoms with Crippen molar-refractivity contribution in [1.29, 1.82) is 0 Å². The summed E-state index contributed by atoms with van der Waals surface area (Å²) in [5, 5.41) is 6.61. The fourth-order valence-electron chi connectivity index (χ4n) is 5.68. The summed E-state index contributed by atoms with van der Waals surface area (Å²) >= 11 is 0. The molecule has 8 heteroatoms. The fourth-order valence-corrected chi connectivity index (χ4v) is 5.68. The Balaban J connectivity index is 1.48. The Morgan fingerprint density at radius 3 is 2.74 bits per heavy atom. The maximum Gasteiger partial charge on any atom is 0.223 e. The molecule has 3 aliphatic heterocycles. The first-order chi connectivity index (χ1) is 16.9. The van der Waals surface area contributed by atoms with E-state index in [4.69, 9.17) is 9.84 Å². The number of Topliss-reactive ketones (excluding diaryl/α,β-unsaturated/α-hetero) is 1. The molecule has 2 atom stereocenters. The second-order valence-corrected chi connectivity index (χ2v) is 9.64. The van der Waals surface area contributed by atoms with Gasteiger partial charge < -0.3 is 14.5 Å². The molecule has 0 saturated carbocycles. The lowest BCUT2D eigenvalue weighted by molar-refractivity contribution is -0.129. The Labute approximate surface area is 205 Å². The van der Waals surface area contributed by atoms with Gasteiger partial charge in [-0.3, -0.25) is 14.6 Å². The van der Waals surface area contributed by atoms with Gasteiger partial charge in [-0.2, -0.15) is 5.10 Å². The molecular formula is C27H31FN4O3. The number of carbonyl (C=O) groups is 2. The Morgan fingerprint density at radius 1 is 1.17 bits per heavy atom. The van der Waals surface area contributed by atoms with E-state index in [2.05, 4.69) is 4.90 Å². The van der Waals surface area contributed by atoms with Gasteiger partial charge in [0.1, 0.15) is 35.6 Å². The van der Waals surface area contributed by atoms with Gasteiger partial charge in [-0.25, -0.2) is 4.39 Å². The van der Waals surface area contributed by atoms with E-state index in [1.165, 1.54) is 12.1 Å². The Bertz CT molecular complexity index is 1150. The summed E-state index contributed by atoms with van der Waals surface area (Å²) in [6.07, 6.45) is 2.03. The highest BCUT2D eigenvalue weighted by atomic mass is 19.1. The number of fused-ring (bicyclic) bond motifs is 3. The molecule has 0 radical (unpaired) electrons. The third-order valence-corrected chi connectivity index (χ3v) is 7.55. The quantitative estimate of drug-likeness (QED) is 0.638. The first-order valence-corrected chi connectivity index (χ1v) is 12.2. The lowest BCUT2D eigenvalue weighted by Gasteiger charge is -2.41. The van der Waals surface area contributed by atoms with Crippen molar-refractivity contribution in [2.75, 3.05) is 44.8 Å². The van der Waals surface area contributed by atoms with Crippen molar-refractivity contribution >= 4 is 23.1 Å². The lowest BCUT2D eigenvalue weighted by Crippen LogP contribution is -2.54. The number of carbonyl (C=O) groups excluding carboxylic acids is 2. The van der Waals surface area contributed by atoms with Gasteiger partial charge in [0.2, 0.25) is 5.91 Å². The summed E-state index contributed by atoms with van der Waals surface area (Å²) in [4.78, 5) is 29.2. The zero-order valence-corrected chi connectivity index (χ0v) is 20.2. The predicted molar refractivity (Wildman–Crippen MR) is 132 cm³/mol. The molecule has 1 saturated heterocycles. The zero-order chi connectivity index (χ0) is 24.6. The maximum atomic E-state index is 14.2. The average Bonchev–Trinajstić information content (AvgIpc) is 3.12. The summed E-state index contributed by atoms with van der Waals surface area (Å²) in [6, 6.07) is 14.1. The molecule has 1 amide bonds. The van der Waals surface area contributed by atoms with Crippen molar-refractivity contribution in [2.45, 2.75) is 37.6 Å². The molecule has 184 valence electrons. The van der Waals surface area contributed by atoms with E-state index in [-0.39, 0.29) is 23.5 Å². The Hall–Kier alpha value is -3.26. The van der Waals surface area contributed by atoms with Crippen LogP contribution >= 0.6 is 0 Å². The molecule has 1 unspecified atom stereocenters. The van der Waals surface area contributed by atoms with E-state index < -0.39 is 5.41 Å². The van der Waals surface area contributed by atoms with E-state index in [0.29, 0.717) is 36.6 Å². The summed E-state index contributed by atoms with van der Waals surface area (Å²) in [5.41, 5.74) is 1.36. The Morgan fingerprint density at radius 2 is 1.97 bits per heavy atom. The van der Waals surface area contributed by atoms with Crippen molar-refractivity contribution in [3.8, 4) is 5.75 Å². The first kappa shape index (κ1) is 23.5. The molecule has 35 heavy (non-hydrogen) atoms. The number of anilines is 1. The van der Waals surface area contributed by atoms with Gasteiger partial charge in [0.15, 0.2) is 5.78 Å². The number of hydrazone groups is 1. The molecule has 0 aromatic heterocycles. The monoisotopic (exact) mass is 478 g/mol. The second-order valence-electron chi connectivity index (χ2n) is 9.64. The lowest BCUT2D eigenvalue weighted by atomic mass is 9.67. The van der Waals surface area contributed by atoms with Crippen molar-refractivity contribution in [2.24, 2.45) is 5.10 Å². The van der Waals surface area contributed by atoms with Gasteiger partial charge in [0.05, 0.1) is 5.41 Å². The van der Waals surface area contributed by atoms with Crippen molar-refractivity contribution in [1.82, 2.24) is 9.80 Å². The van der Waals surface area contributed by atoms with Gasteiger partial charge in [-0.15, -0.1) is 0 Å². The van der Waals surface area contributed by atoms with Crippen LogP contribution < -0.4 is 9.75 Å². The van der Waals surface area contributed by atoms with Crippen LogP contribution in [0.15, 0.2) is 53.6 Å². The molecule has 0 spiro atoms. The summed E-state index contributed by atoms with van der Waals surface area (Å²) < 4.78 is 20.3. The smallest absolute Gasteiger partial charge is 0.223 e. The zero-order valence-electron chi connectivity index (χ0n) is 20.2. The molecule has 0 aliphatic carbocycles. The van der Waals surface area contributed by atoms with Crippen LogP contribution in [0.25, 0.3) is 0 Å². The van der Waals surface area contributed by atoms with Crippen LogP contribution in [0.4, 0.5) is 10.1 Å². The van der Waals surface area contributed by atoms with Crippen LogP contribution in [0.5, 0.6) is 5.75 Å². The van der Waals surface area contributed by atoms with Crippen LogP contribution in [-0.4, -0.2) is 73.1 Å². The van der Waals surface area contributed by atoms with Gasteiger partial charge in [0, 0.05) is 46.1 Å². The minimum Gasteiger partial charge on any atom is -0.489 e. The number of hydrogen-bond acceptors (Lipinski definition) is 6. The van der Waals surface area contributed by atoms with E-state index in [1.807, 2.05) is 37.4 Å². The number of nitrogens with zero attached hydrogens (tertiary/aromatic N) is 4. The molecule has 7 nitrogen and oxygen atoms in total. The summed E-state index contributed by atoms with van der Waals surface area (Å²) in [7, 11) is 1.85. The largest absolute Gasteiger partial charge is 0.489 e. The topological polar surface area (TPSA) is 65.5 Å². The van der Waals surface area contributed by atoms with Crippen LogP contribution in [-0.2, 0) is 15.0 Å². The number of amides is 1. The number of hydrogen-bond donors (Lipinski definition) is 0. The minimum absolute atomic E-state index is 0.0943. The van der Waals surface area contributed by atoms with Crippen LogP contribution in [0.2, 0.25) is 0 Å². The molecule has 2 aromatic carbocycles. The molecule has 2 aromatic rings. The molecule has 3 aliphatic rings. The van der Waals surface area contributed by atoms with Crippen LogP contribution in [0, 0.1) is 5.82 Å². The molecule has 1 fully saturated rings. The summed E-state index contributed by atoms with van der Waals surface area (Å²) in [6.45, 7) is 5.00. The highest BCUT2D eigenvalue weighted by Crippen LogP contribution is 2.48. The number of halogens is 1. The highest BCUT2D eigenvalue weighted by Gasteiger charge is 2.55. The molecular weight excluding hydrogens is 447 g/mol. The standard InChI is InChI=1S/C27H31FN4O3/c1-19(33)26-27(20-7-4-3-5-8-20,12-6-13-31-14-11-25(34)30(2)15-16-31)24-18-35-23-10-9-21(28)17-22(23)32(24)29-26/h3-5,7-10,17,24H,6,11-16,18H2,1-2H3/t24?,27-/m1/s1. The van der Waals surface area contributed by atoms with Gasteiger partial charge in [-0.05, 0) is 37.1 Å². The third-order valence-electron chi connectivity index (χ3n) is 7.55. The maximum absolute atomic E-state index is 14.2. The number of likely N-dealkylation sites (N-methyl/N-ethyl adjacent to an activating group) is 1. The van der Waals surface area contributed by atoms with Crippen molar-refractivity contribution in [3.05, 3.63) is 59.9 Å². The number of ketones is 1. The summed E-state index contributed by atoms with van der Waals surface area (Å²) in [5.74, 6) is 0.279. The van der Waals surface area contributed by atoms with E-state index in [1.54, 1.807) is 22.9 Å². The molecule has 0 N–H and O–H groups in total. The van der Waals surface area contributed by atoms with Crippen molar-refractivity contribution < 1.29 is 18.7 Å². The number of ether oxygens (including phenoxy) is 1. The first-order valence-electron chi connectivity index (χ1n) is 12.2. The van der Waals surface area contributed by atoms with Gasteiger partial charge in [-0.1, -0.05) is 30.3 Å². The molecule has 3 heterocycles. The van der Waals surface area contributed by atoms with Crippen molar-refractivity contribution in [3.63, 3.8) is 0 Å². The van der Waals surface area contributed by atoms with E-state index in [0.717, 1.165) is 38.2 Å². The molecule has 0 bridgehead atoms. The van der Waals surface area contributed by atoms with Gasteiger partial charge in [0.25, 0.3) is 0 Å². The Kier molecular flexibility index (Phi) is 6.32. The molecule has 5 rings (SSSR count). The average molecular weight is 479 g/mol. The van der Waals surface area contributed by atoms with E-state index in [9.17, 15) is 14.0 Å². The SMILES string of the molecule is CC(=O)C1=NN2c3cc(F)ccc3OCC2[C@@]1(CCCN1CCC(=O)N(C)CC1)c1ccccc1. The van der Waals surface area contributed by atoms with Gasteiger partial charge >= 0.3 is 0 Å². The van der Waals surface area contributed by atoms with E-state index >= 15 is 0 Å². The predicted octanol–water partition coefficient (Wildman–Crippen LogP) is 3.23. The second kappa shape index (κ2) is 9.41. The highest BCUT2D eigenvalue weighted by molar-refractivity contribution is 6.43. The number of benzene rings is 2. The normalized spacial score (nSPS) is 24.4. The third kappa shape index (κ3) is 4.20. The van der Waals surface area contributed by atoms with Crippen LogP contribution in [0.1, 0.15) is 31.7 Å². The van der Waals surface area contributed by atoms with Crippen LogP contribution in [0.3, 0.4) is 0 Å². The fraction of sp³-hybridized carbons (Fsp3) is 0.444.